The van der Waals surface area contributed by atoms with Gasteiger partial charge in [0, 0.05) is 6.42 Å². The minimum atomic E-state index is -0.650. The number of aliphatic carboxylic acids is 1. The molecule has 1 aliphatic heterocycles. The van der Waals surface area contributed by atoms with Crippen LogP contribution in [0.1, 0.15) is 12.8 Å². The quantitative estimate of drug-likeness (QED) is 0.636. The Morgan fingerprint density at radius 2 is 2.56 bits per heavy atom. The van der Waals surface area contributed by atoms with E-state index in [2.05, 4.69) is 0 Å². The van der Waals surface area contributed by atoms with Crippen molar-refractivity contribution < 1.29 is 9.90 Å². The average Bonchev–Trinajstić information content (AvgIpc) is 2.15. The van der Waals surface area contributed by atoms with Crippen LogP contribution >= 0.6 is 11.8 Å². The van der Waals surface area contributed by atoms with Gasteiger partial charge in [0.15, 0.2) is 0 Å². The van der Waals surface area contributed by atoms with Crippen LogP contribution in [0.15, 0.2) is 0 Å². The minimum Gasteiger partial charge on any atom is -0.481 e. The Balaban J connectivity index is 2.19. The van der Waals surface area contributed by atoms with E-state index in [-0.39, 0.29) is 0 Å². The van der Waals surface area contributed by atoms with Crippen molar-refractivity contribution in [3.05, 3.63) is 0 Å². The molecule has 0 aliphatic carbocycles. The second-order valence-electron chi connectivity index (χ2n) is 2.33. The first-order valence-electron chi connectivity index (χ1n) is 3.08. The van der Waals surface area contributed by atoms with Gasteiger partial charge >= 0.3 is 5.97 Å². The van der Waals surface area contributed by atoms with Crippen LogP contribution in [0.5, 0.6) is 0 Å². The van der Waals surface area contributed by atoms with Crippen molar-refractivity contribution in [2.75, 3.05) is 11.5 Å². The van der Waals surface area contributed by atoms with Crippen LogP contribution < -0.4 is 0 Å². The number of hydrogen-bond donors (Lipinski definition) is 1. The number of carboxylic acids is 1. The molecule has 1 unspecified atom stereocenters. The Bertz CT molecular complexity index is 108. The van der Waals surface area contributed by atoms with E-state index in [1.165, 1.54) is 0 Å². The van der Waals surface area contributed by atoms with Crippen LogP contribution in [0.3, 0.4) is 0 Å². The van der Waals surface area contributed by atoms with Gasteiger partial charge in [0.25, 0.3) is 0 Å². The summed E-state index contributed by atoms with van der Waals surface area (Å²) in [6, 6.07) is 0. The number of carbonyl (C=O) groups is 1. The summed E-state index contributed by atoms with van der Waals surface area (Å²) in [5.41, 5.74) is 0. The van der Waals surface area contributed by atoms with Crippen LogP contribution in [-0.2, 0) is 4.79 Å². The molecule has 0 spiro atoms. The van der Waals surface area contributed by atoms with Crippen LogP contribution in [0.25, 0.3) is 0 Å². The summed E-state index contributed by atoms with van der Waals surface area (Å²) in [5, 5.41) is 8.36. The SMILES string of the molecule is O=C(O)CC1CCSC1. The number of rotatable bonds is 2. The summed E-state index contributed by atoms with van der Waals surface area (Å²) in [6.07, 6.45) is 1.46. The van der Waals surface area contributed by atoms with Gasteiger partial charge in [0.2, 0.25) is 0 Å². The van der Waals surface area contributed by atoms with Crippen molar-refractivity contribution in [2.45, 2.75) is 12.8 Å². The fourth-order valence-electron chi connectivity index (χ4n) is 0.991. The van der Waals surface area contributed by atoms with Gasteiger partial charge < -0.3 is 5.11 Å². The summed E-state index contributed by atoms with van der Waals surface area (Å²) >= 11 is 1.86. The highest BCUT2D eigenvalue weighted by Gasteiger charge is 2.17. The molecule has 0 radical (unpaired) electrons. The lowest BCUT2D eigenvalue weighted by Gasteiger charge is -2.00. The zero-order chi connectivity index (χ0) is 6.69. The Morgan fingerprint density at radius 1 is 1.78 bits per heavy atom. The molecule has 9 heavy (non-hydrogen) atoms. The van der Waals surface area contributed by atoms with Crippen LogP contribution in [0.4, 0.5) is 0 Å². The number of hydrogen-bond acceptors (Lipinski definition) is 2. The molecule has 1 atom stereocenters. The fraction of sp³-hybridized carbons (Fsp3) is 0.833. The molecule has 1 saturated heterocycles. The summed E-state index contributed by atoms with van der Waals surface area (Å²) in [4.78, 5) is 10.1. The molecule has 1 aliphatic rings. The molecule has 52 valence electrons. The summed E-state index contributed by atoms with van der Waals surface area (Å²) in [6.45, 7) is 0. The third-order valence-electron chi connectivity index (χ3n) is 1.49. The van der Waals surface area contributed by atoms with E-state index in [1.807, 2.05) is 11.8 Å². The van der Waals surface area contributed by atoms with Gasteiger partial charge in [-0.1, -0.05) is 0 Å². The molecule has 0 aromatic heterocycles. The molecule has 0 saturated carbocycles. The lowest BCUT2D eigenvalue weighted by molar-refractivity contribution is -0.137. The molecular formula is C6H10O2S. The van der Waals surface area contributed by atoms with E-state index < -0.39 is 5.97 Å². The Morgan fingerprint density at radius 3 is 3.00 bits per heavy atom. The zero-order valence-electron chi connectivity index (χ0n) is 5.17. The standard InChI is InChI=1S/C6H10O2S/c7-6(8)3-5-1-2-9-4-5/h5H,1-4H2,(H,7,8). The first-order valence-corrected chi connectivity index (χ1v) is 4.24. The maximum absolute atomic E-state index is 10.1. The van der Waals surface area contributed by atoms with E-state index in [4.69, 9.17) is 5.11 Å². The van der Waals surface area contributed by atoms with Gasteiger partial charge in [-0.25, -0.2) is 0 Å². The Kier molecular flexibility index (Phi) is 2.39. The second-order valence-corrected chi connectivity index (χ2v) is 3.48. The molecule has 2 nitrogen and oxygen atoms in total. The number of thioether (sulfide) groups is 1. The molecule has 1 fully saturated rings. The molecule has 1 heterocycles. The van der Waals surface area contributed by atoms with Gasteiger partial charge in [-0.2, -0.15) is 11.8 Å². The van der Waals surface area contributed by atoms with Gasteiger partial charge in [0.05, 0.1) is 0 Å². The Hall–Kier alpha value is -0.180. The largest absolute Gasteiger partial charge is 0.481 e. The van der Waals surface area contributed by atoms with E-state index in [0.717, 1.165) is 17.9 Å². The van der Waals surface area contributed by atoms with Gasteiger partial charge in [-0.3, -0.25) is 4.79 Å². The lowest BCUT2D eigenvalue weighted by atomic mass is 10.1. The van der Waals surface area contributed by atoms with Crippen molar-refractivity contribution in [3.8, 4) is 0 Å². The van der Waals surface area contributed by atoms with E-state index >= 15 is 0 Å². The highest BCUT2D eigenvalue weighted by Crippen LogP contribution is 2.25. The van der Waals surface area contributed by atoms with Crippen molar-refractivity contribution >= 4 is 17.7 Å². The predicted octanol–water partition coefficient (Wildman–Crippen LogP) is 1.21. The molecule has 1 N–H and O–H groups in total. The highest BCUT2D eigenvalue weighted by molar-refractivity contribution is 7.99. The maximum Gasteiger partial charge on any atom is 0.303 e. The molecule has 1 rings (SSSR count). The first-order chi connectivity index (χ1) is 4.29. The Labute approximate surface area is 58.6 Å². The number of carboxylic acid groups (broad SMARTS) is 1. The van der Waals surface area contributed by atoms with Gasteiger partial charge in [-0.15, -0.1) is 0 Å². The molecule has 3 heteroatoms. The van der Waals surface area contributed by atoms with E-state index in [9.17, 15) is 4.79 Å². The monoisotopic (exact) mass is 146 g/mol. The van der Waals surface area contributed by atoms with Crippen LogP contribution in [-0.4, -0.2) is 22.6 Å². The topological polar surface area (TPSA) is 37.3 Å². The normalized spacial score (nSPS) is 26.4. The summed E-state index contributed by atoms with van der Waals surface area (Å²) < 4.78 is 0. The smallest absolute Gasteiger partial charge is 0.303 e. The van der Waals surface area contributed by atoms with Crippen molar-refractivity contribution in [1.82, 2.24) is 0 Å². The third-order valence-corrected chi connectivity index (χ3v) is 2.72. The maximum atomic E-state index is 10.1. The summed E-state index contributed by atoms with van der Waals surface area (Å²) in [7, 11) is 0. The van der Waals surface area contributed by atoms with Gasteiger partial charge in [-0.05, 0) is 23.8 Å². The fourth-order valence-corrected chi connectivity index (χ4v) is 2.28. The molecule has 0 aromatic carbocycles. The molecular weight excluding hydrogens is 136 g/mol. The minimum absolute atomic E-state index is 0.368. The second kappa shape index (κ2) is 3.11. The molecule has 0 amide bonds. The van der Waals surface area contributed by atoms with Gasteiger partial charge in [0.1, 0.15) is 0 Å². The predicted molar refractivity (Wildman–Crippen MR) is 37.7 cm³/mol. The van der Waals surface area contributed by atoms with E-state index in [0.29, 0.717) is 12.3 Å². The molecule has 0 bridgehead atoms. The molecule has 0 aromatic rings. The summed E-state index contributed by atoms with van der Waals surface area (Å²) in [5.74, 6) is 2.00. The zero-order valence-corrected chi connectivity index (χ0v) is 5.99. The average molecular weight is 146 g/mol. The first kappa shape index (κ1) is 6.93. The van der Waals surface area contributed by atoms with Crippen LogP contribution in [0, 0.1) is 5.92 Å². The van der Waals surface area contributed by atoms with E-state index in [1.54, 1.807) is 0 Å². The lowest BCUT2D eigenvalue weighted by Crippen LogP contribution is -2.05. The van der Waals surface area contributed by atoms with Crippen molar-refractivity contribution in [3.63, 3.8) is 0 Å². The highest BCUT2D eigenvalue weighted by atomic mass is 32.2. The van der Waals surface area contributed by atoms with Crippen LogP contribution in [0.2, 0.25) is 0 Å². The van der Waals surface area contributed by atoms with Crippen molar-refractivity contribution in [2.24, 2.45) is 5.92 Å². The third kappa shape index (κ3) is 2.26. The van der Waals surface area contributed by atoms with Crippen molar-refractivity contribution in [1.29, 1.82) is 0 Å².